The summed E-state index contributed by atoms with van der Waals surface area (Å²) >= 11 is 0. The third-order valence-electron chi connectivity index (χ3n) is 12.0. The molecule has 3 aliphatic heterocycles. The Labute approximate surface area is 338 Å². The summed E-state index contributed by atoms with van der Waals surface area (Å²) in [6.07, 6.45) is 11.7. The summed E-state index contributed by atoms with van der Waals surface area (Å²) < 4.78 is 0. The molecule has 1 atom stereocenters. The van der Waals surface area contributed by atoms with Crippen molar-refractivity contribution in [1.82, 2.24) is 35.1 Å². The fraction of sp³-hybridized carbons (Fsp3) is 0.356. The van der Waals surface area contributed by atoms with E-state index in [1.807, 2.05) is 55.6 Å². The molecule has 0 bridgehead atoms. The van der Waals surface area contributed by atoms with Crippen LogP contribution in [-0.2, 0) is 33.1 Å². The number of aromatic nitrogens is 4. The molecule has 1 unspecified atom stereocenters. The number of rotatable bonds is 12. The second kappa shape index (κ2) is 17.2. The Hall–Kier alpha value is -6.05. The SMILES string of the molecule is Cc1ccc(C2(O)CCN(Cc3ccc(N4CCC(c5ccc(Nc6nccc(-c7cccnc7)n6)nc5)CC4)cc3)CC2)cc1CN(C=O)C1CCC(=O)NC1=O. The highest BCUT2D eigenvalue weighted by molar-refractivity contribution is 6.00. The molecule has 3 aromatic heterocycles. The summed E-state index contributed by atoms with van der Waals surface area (Å²) in [5, 5.41) is 17.4. The molecule has 3 amide bonds. The van der Waals surface area contributed by atoms with Crippen LogP contribution in [0.2, 0.25) is 0 Å². The zero-order chi connectivity index (χ0) is 40.1. The van der Waals surface area contributed by atoms with Gasteiger partial charge in [-0.05, 0) is 109 Å². The topological polar surface area (TPSA) is 157 Å². The van der Waals surface area contributed by atoms with Crippen LogP contribution in [0.15, 0.2) is 97.6 Å². The van der Waals surface area contributed by atoms with Gasteiger partial charge in [-0.1, -0.05) is 36.4 Å². The summed E-state index contributed by atoms with van der Waals surface area (Å²) in [4.78, 5) is 60.3. The molecule has 298 valence electrons. The molecule has 3 saturated heterocycles. The van der Waals surface area contributed by atoms with Crippen molar-refractivity contribution in [1.29, 1.82) is 0 Å². The van der Waals surface area contributed by atoms with Crippen LogP contribution in [0.3, 0.4) is 0 Å². The molecule has 13 heteroatoms. The minimum absolute atomic E-state index is 0.205. The van der Waals surface area contributed by atoms with E-state index in [1.165, 1.54) is 21.7 Å². The Morgan fingerprint density at radius 2 is 1.74 bits per heavy atom. The number of imide groups is 1. The molecule has 5 aromatic rings. The number of hydrogen-bond donors (Lipinski definition) is 3. The van der Waals surface area contributed by atoms with E-state index in [9.17, 15) is 19.5 Å². The Bertz CT molecular complexity index is 2220. The van der Waals surface area contributed by atoms with Gasteiger partial charge in [-0.3, -0.25) is 29.6 Å². The van der Waals surface area contributed by atoms with Gasteiger partial charge in [0.05, 0.1) is 11.3 Å². The van der Waals surface area contributed by atoms with E-state index in [4.69, 9.17) is 0 Å². The number of benzene rings is 2. The predicted molar refractivity (Wildman–Crippen MR) is 221 cm³/mol. The second-order valence-electron chi connectivity index (χ2n) is 15.7. The monoisotopic (exact) mass is 779 g/mol. The maximum atomic E-state index is 12.4. The number of nitrogens with one attached hydrogen (secondary N) is 2. The molecular formula is C45H49N9O4. The molecular weight excluding hydrogens is 731 g/mol. The highest BCUT2D eigenvalue weighted by Crippen LogP contribution is 2.35. The second-order valence-corrected chi connectivity index (χ2v) is 15.7. The van der Waals surface area contributed by atoms with E-state index in [2.05, 4.69) is 70.7 Å². The fourth-order valence-electron chi connectivity index (χ4n) is 8.39. The number of nitrogens with zero attached hydrogens (tertiary/aromatic N) is 7. The maximum Gasteiger partial charge on any atom is 0.249 e. The number of carbonyl (C=O) groups excluding carboxylic acids is 3. The quantitative estimate of drug-likeness (QED) is 0.107. The van der Waals surface area contributed by atoms with Crippen LogP contribution in [0, 0.1) is 6.92 Å². The van der Waals surface area contributed by atoms with Crippen molar-refractivity contribution in [2.24, 2.45) is 0 Å². The first-order chi connectivity index (χ1) is 28.2. The van der Waals surface area contributed by atoms with Crippen LogP contribution < -0.4 is 15.5 Å². The van der Waals surface area contributed by atoms with Gasteiger partial charge in [0.25, 0.3) is 0 Å². The Kier molecular flexibility index (Phi) is 11.5. The molecule has 13 nitrogen and oxygen atoms in total. The normalized spacial score (nSPS) is 18.7. The number of pyridine rings is 2. The van der Waals surface area contributed by atoms with Gasteiger partial charge < -0.3 is 20.2 Å². The first kappa shape index (κ1) is 38.8. The lowest BCUT2D eigenvalue weighted by Crippen LogP contribution is -2.51. The zero-order valence-corrected chi connectivity index (χ0v) is 32.8. The van der Waals surface area contributed by atoms with Crippen LogP contribution in [0.25, 0.3) is 11.3 Å². The van der Waals surface area contributed by atoms with E-state index in [0.717, 1.165) is 73.5 Å². The van der Waals surface area contributed by atoms with Gasteiger partial charge in [0.15, 0.2) is 0 Å². The van der Waals surface area contributed by atoms with Gasteiger partial charge in [-0.15, -0.1) is 0 Å². The van der Waals surface area contributed by atoms with Crippen LogP contribution in [0.4, 0.5) is 17.5 Å². The van der Waals surface area contributed by atoms with Gasteiger partial charge in [-0.2, -0.15) is 0 Å². The average molecular weight is 780 g/mol. The predicted octanol–water partition coefficient (Wildman–Crippen LogP) is 5.62. The van der Waals surface area contributed by atoms with E-state index in [1.54, 1.807) is 18.6 Å². The minimum atomic E-state index is -0.979. The fourth-order valence-corrected chi connectivity index (χ4v) is 8.39. The number of aliphatic hydroxyl groups is 1. The molecule has 8 rings (SSSR count). The average Bonchev–Trinajstić information content (AvgIpc) is 3.25. The Morgan fingerprint density at radius 3 is 2.45 bits per heavy atom. The van der Waals surface area contributed by atoms with E-state index < -0.39 is 17.6 Å². The number of aryl methyl sites for hydroxylation is 1. The molecule has 3 fully saturated rings. The first-order valence-electron chi connectivity index (χ1n) is 20.1. The zero-order valence-electron chi connectivity index (χ0n) is 32.8. The number of carbonyl (C=O) groups is 3. The smallest absolute Gasteiger partial charge is 0.249 e. The van der Waals surface area contributed by atoms with Gasteiger partial charge in [0.2, 0.25) is 24.2 Å². The highest BCUT2D eigenvalue weighted by atomic mass is 16.3. The Balaban J connectivity index is 0.803. The third kappa shape index (κ3) is 8.90. The summed E-state index contributed by atoms with van der Waals surface area (Å²) in [6, 6.07) is 24.0. The van der Waals surface area contributed by atoms with Gasteiger partial charge in [0, 0.05) is 81.7 Å². The molecule has 3 N–H and O–H groups in total. The van der Waals surface area contributed by atoms with Crippen molar-refractivity contribution in [3.8, 4) is 11.3 Å². The van der Waals surface area contributed by atoms with Gasteiger partial charge in [-0.25, -0.2) is 15.0 Å². The lowest BCUT2D eigenvalue weighted by atomic mass is 9.83. The summed E-state index contributed by atoms with van der Waals surface area (Å²) in [7, 11) is 0. The summed E-state index contributed by atoms with van der Waals surface area (Å²) in [5.41, 5.74) is 7.17. The third-order valence-corrected chi connectivity index (χ3v) is 12.0. The van der Waals surface area contributed by atoms with Crippen LogP contribution >= 0.6 is 0 Å². The standard InChI is InChI=1S/C45H49N9O4/c1-31-4-8-37(25-36(31)29-54(30-55)40-11-13-42(56)51-43(40)57)45(58)17-23-52(24-18-45)28-32-5-9-38(10-6-32)53-21-15-33(16-22-53)34-7-12-41(48-27-34)50-44-47-20-14-39(49-44)35-3-2-19-46-26-35/h2-10,12,14,19-20,25-27,30,33,40,58H,11,13,15-18,21-24,28-29H2,1H3,(H,51,56,57)(H,47,48,49,50). The number of likely N-dealkylation sites (tertiary alicyclic amines) is 1. The molecule has 0 saturated carbocycles. The van der Waals surface area contributed by atoms with Gasteiger partial charge >= 0.3 is 0 Å². The lowest BCUT2D eigenvalue weighted by Gasteiger charge is -2.39. The van der Waals surface area contributed by atoms with E-state index in [-0.39, 0.29) is 18.9 Å². The minimum Gasteiger partial charge on any atom is -0.385 e. The largest absolute Gasteiger partial charge is 0.385 e. The lowest BCUT2D eigenvalue weighted by molar-refractivity contribution is -0.141. The number of piperidine rings is 3. The van der Waals surface area contributed by atoms with Crippen LogP contribution in [0.5, 0.6) is 0 Å². The van der Waals surface area contributed by atoms with Crippen molar-refractivity contribution in [3.63, 3.8) is 0 Å². The number of hydrogen-bond acceptors (Lipinski definition) is 11. The number of amides is 3. The highest BCUT2D eigenvalue weighted by Gasteiger charge is 2.35. The van der Waals surface area contributed by atoms with Crippen molar-refractivity contribution >= 4 is 35.7 Å². The first-order valence-corrected chi connectivity index (χ1v) is 20.1. The molecule has 6 heterocycles. The van der Waals surface area contributed by atoms with Crippen molar-refractivity contribution in [2.45, 2.75) is 76.1 Å². The molecule has 0 aliphatic carbocycles. The van der Waals surface area contributed by atoms with E-state index >= 15 is 0 Å². The van der Waals surface area contributed by atoms with Crippen molar-refractivity contribution in [2.75, 3.05) is 36.4 Å². The van der Waals surface area contributed by atoms with Crippen molar-refractivity contribution in [3.05, 3.63) is 125 Å². The molecule has 58 heavy (non-hydrogen) atoms. The molecule has 3 aliphatic rings. The maximum absolute atomic E-state index is 12.4. The molecule has 0 radical (unpaired) electrons. The van der Waals surface area contributed by atoms with Gasteiger partial charge in [0.1, 0.15) is 11.9 Å². The van der Waals surface area contributed by atoms with Crippen LogP contribution in [0.1, 0.15) is 72.3 Å². The van der Waals surface area contributed by atoms with Crippen LogP contribution in [-0.4, -0.2) is 85.3 Å². The Morgan fingerprint density at radius 1 is 0.931 bits per heavy atom. The molecule has 2 aromatic carbocycles. The van der Waals surface area contributed by atoms with Crippen molar-refractivity contribution < 1.29 is 19.5 Å². The number of anilines is 3. The van der Waals surface area contributed by atoms with E-state index in [0.29, 0.717) is 43.4 Å². The summed E-state index contributed by atoms with van der Waals surface area (Å²) in [5.74, 6) is 0.898. The molecule has 0 spiro atoms. The summed E-state index contributed by atoms with van der Waals surface area (Å²) in [6.45, 7) is 6.48.